The van der Waals surface area contributed by atoms with Crippen molar-refractivity contribution in [3.05, 3.63) is 59.9 Å². The largest absolute Gasteiger partial charge is 0.508 e. The summed E-state index contributed by atoms with van der Waals surface area (Å²) in [5.41, 5.74) is 1.65. The van der Waals surface area contributed by atoms with Gasteiger partial charge in [0.05, 0.1) is 11.7 Å². The number of anilines is 1. The minimum absolute atomic E-state index is 0.0440. The van der Waals surface area contributed by atoms with E-state index in [1.165, 1.54) is 6.07 Å². The molecule has 1 atom stereocenters. The number of aromatic hydroxyl groups is 1. The van der Waals surface area contributed by atoms with Crippen molar-refractivity contribution in [2.24, 2.45) is 0 Å². The SMILES string of the molecule is CCN(c1ccccc1F)C(C)c1ccc(O)cc1. The first-order valence-electron chi connectivity index (χ1n) is 6.43. The van der Waals surface area contributed by atoms with Gasteiger partial charge in [0.15, 0.2) is 0 Å². The summed E-state index contributed by atoms with van der Waals surface area (Å²) < 4.78 is 13.9. The van der Waals surface area contributed by atoms with Gasteiger partial charge in [-0.15, -0.1) is 0 Å². The molecule has 0 aliphatic heterocycles. The summed E-state index contributed by atoms with van der Waals surface area (Å²) >= 11 is 0. The first-order valence-corrected chi connectivity index (χ1v) is 6.43. The van der Waals surface area contributed by atoms with Crippen LogP contribution in [0.15, 0.2) is 48.5 Å². The summed E-state index contributed by atoms with van der Waals surface area (Å²) in [6, 6.07) is 13.9. The van der Waals surface area contributed by atoms with Crippen molar-refractivity contribution in [2.75, 3.05) is 11.4 Å². The van der Waals surface area contributed by atoms with E-state index >= 15 is 0 Å². The molecule has 1 unspecified atom stereocenters. The zero-order chi connectivity index (χ0) is 13.8. The monoisotopic (exact) mass is 259 g/mol. The lowest BCUT2D eigenvalue weighted by molar-refractivity contribution is 0.474. The number of nitrogens with zero attached hydrogens (tertiary/aromatic N) is 1. The number of phenolic OH excluding ortho intramolecular Hbond substituents is 1. The van der Waals surface area contributed by atoms with Crippen LogP contribution < -0.4 is 4.90 Å². The molecule has 0 radical (unpaired) electrons. The fraction of sp³-hybridized carbons (Fsp3) is 0.250. The Hall–Kier alpha value is -2.03. The van der Waals surface area contributed by atoms with Gasteiger partial charge in [-0.1, -0.05) is 24.3 Å². The second kappa shape index (κ2) is 5.74. The molecule has 0 bridgehead atoms. The highest BCUT2D eigenvalue weighted by Crippen LogP contribution is 2.29. The third-order valence-electron chi connectivity index (χ3n) is 3.35. The zero-order valence-electron chi connectivity index (χ0n) is 11.2. The van der Waals surface area contributed by atoms with E-state index in [-0.39, 0.29) is 17.6 Å². The summed E-state index contributed by atoms with van der Waals surface area (Å²) in [7, 11) is 0. The van der Waals surface area contributed by atoms with Crippen molar-refractivity contribution < 1.29 is 9.50 Å². The quantitative estimate of drug-likeness (QED) is 0.892. The van der Waals surface area contributed by atoms with E-state index in [9.17, 15) is 9.50 Å². The van der Waals surface area contributed by atoms with Gasteiger partial charge in [0.25, 0.3) is 0 Å². The molecule has 100 valence electrons. The number of rotatable bonds is 4. The number of hydrogen-bond donors (Lipinski definition) is 1. The molecule has 2 aromatic rings. The minimum atomic E-state index is -0.213. The van der Waals surface area contributed by atoms with E-state index in [1.807, 2.05) is 36.9 Å². The molecule has 3 heteroatoms. The molecule has 0 aliphatic carbocycles. The van der Waals surface area contributed by atoms with Gasteiger partial charge in [-0.05, 0) is 43.7 Å². The molecule has 1 N–H and O–H groups in total. The van der Waals surface area contributed by atoms with E-state index in [4.69, 9.17) is 0 Å². The normalized spacial score (nSPS) is 12.2. The third-order valence-corrected chi connectivity index (χ3v) is 3.35. The second-order valence-corrected chi connectivity index (χ2v) is 4.50. The standard InChI is InChI=1S/C16H18FNO/c1-3-18(16-7-5-4-6-15(16)17)12(2)13-8-10-14(19)11-9-13/h4-12,19H,3H2,1-2H3. The average Bonchev–Trinajstić information content (AvgIpc) is 2.42. The van der Waals surface area contributed by atoms with Crippen molar-refractivity contribution in [1.29, 1.82) is 0 Å². The molecule has 0 aliphatic rings. The number of hydrogen-bond acceptors (Lipinski definition) is 2. The fourth-order valence-corrected chi connectivity index (χ4v) is 2.27. The topological polar surface area (TPSA) is 23.5 Å². The third kappa shape index (κ3) is 2.87. The molecular formula is C16H18FNO. The van der Waals surface area contributed by atoms with Gasteiger partial charge >= 0.3 is 0 Å². The van der Waals surface area contributed by atoms with E-state index in [0.29, 0.717) is 12.2 Å². The molecule has 0 heterocycles. The Kier molecular flexibility index (Phi) is 4.05. The average molecular weight is 259 g/mol. The van der Waals surface area contributed by atoms with E-state index in [0.717, 1.165) is 5.56 Å². The fourth-order valence-electron chi connectivity index (χ4n) is 2.27. The molecule has 0 fully saturated rings. The van der Waals surface area contributed by atoms with Crippen molar-refractivity contribution in [3.63, 3.8) is 0 Å². The van der Waals surface area contributed by atoms with Crippen molar-refractivity contribution >= 4 is 5.69 Å². The second-order valence-electron chi connectivity index (χ2n) is 4.50. The van der Waals surface area contributed by atoms with Gasteiger partial charge in [-0.2, -0.15) is 0 Å². The van der Waals surface area contributed by atoms with Crippen LogP contribution in [-0.2, 0) is 0 Å². The smallest absolute Gasteiger partial charge is 0.146 e. The lowest BCUT2D eigenvalue weighted by atomic mass is 10.1. The Balaban J connectivity index is 2.32. The molecular weight excluding hydrogens is 241 g/mol. The van der Waals surface area contributed by atoms with Gasteiger partial charge < -0.3 is 10.0 Å². The molecule has 0 spiro atoms. The van der Waals surface area contributed by atoms with Gasteiger partial charge in [0, 0.05) is 6.54 Å². The first-order chi connectivity index (χ1) is 9.13. The van der Waals surface area contributed by atoms with E-state index in [2.05, 4.69) is 0 Å². The molecule has 2 nitrogen and oxygen atoms in total. The maximum Gasteiger partial charge on any atom is 0.146 e. The predicted molar refractivity (Wildman–Crippen MR) is 75.9 cm³/mol. The summed E-state index contributed by atoms with van der Waals surface area (Å²) in [5.74, 6) is 0.0277. The van der Waals surface area contributed by atoms with Crippen LogP contribution >= 0.6 is 0 Å². The number of halogens is 1. The van der Waals surface area contributed by atoms with Gasteiger partial charge in [-0.25, -0.2) is 4.39 Å². The van der Waals surface area contributed by atoms with Crippen LogP contribution in [0.3, 0.4) is 0 Å². The molecule has 0 amide bonds. The highest BCUT2D eigenvalue weighted by Gasteiger charge is 2.17. The predicted octanol–water partition coefficient (Wildman–Crippen LogP) is 4.12. The lowest BCUT2D eigenvalue weighted by Crippen LogP contribution is -2.27. The summed E-state index contributed by atoms with van der Waals surface area (Å²) in [6.07, 6.45) is 0. The Morgan fingerprint density at radius 2 is 1.74 bits per heavy atom. The maximum absolute atomic E-state index is 13.9. The van der Waals surface area contributed by atoms with Crippen LogP contribution in [0.1, 0.15) is 25.5 Å². The molecule has 0 saturated carbocycles. The lowest BCUT2D eigenvalue weighted by Gasteiger charge is -2.30. The van der Waals surface area contributed by atoms with Crippen LogP contribution in [0.4, 0.5) is 10.1 Å². The molecule has 0 saturated heterocycles. The number of para-hydroxylation sites is 1. The molecule has 19 heavy (non-hydrogen) atoms. The van der Waals surface area contributed by atoms with Crippen molar-refractivity contribution in [3.8, 4) is 5.75 Å². The Bertz CT molecular complexity index is 539. The van der Waals surface area contributed by atoms with Crippen molar-refractivity contribution in [2.45, 2.75) is 19.9 Å². The van der Waals surface area contributed by atoms with Crippen molar-refractivity contribution in [1.82, 2.24) is 0 Å². The Morgan fingerprint density at radius 1 is 1.11 bits per heavy atom. The van der Waals surface area contributed by atoms with Crippen LogP contribution in [0.25, 0.3) is 0 Å². The Labute approximate surface area is 113 Å². The summed E-state index contributed by atoms with van der Waals surface area (Å²) in [4.78, 5) is 2.00. The minimum Gasteiger partial charge on any atom is -0.508 e. The zero-order valence-corrected chi connectivity index (χ0v) is 11.2. The Morgan fingerprint density at radius 3 is 2.32 bits per heavy atom. The van der Waals surface area contributed by atoms with Gasteiger partial charge in [-0.3, -0.25) is 0 Å². The molecule has 2 rings (SSSR count). The molecule has 0 aromatic heterocycles. The van der Waals surface area contributed by atoms with Crippen LogP contribution in [0.2, 0.25) is 0 Å². The highest BCUT2D eigenvalue weighted by molar-refractivity contribution is 5.50. The van der Waals surface area contributed by atoms with E-state index < -0.39 is 0 Å². The molecule has 2 aromatic carbocycles. The van der Waals surface area contributed by atoms with Gasteiger partial charge in [0.2, 0.25) is 0 Å². The number of benzene rings is 2. The summed E-state index contributed by atoms with van der Waals surface area (Å²) in [5, 5.41) is 9.32. The maximum atomic E-state index is 13.9. The van der Waals surface area contributed by atoms with Crippen LogP contribution in [-0.4, -0.2) is 11.7 Å². The van der Waals surface area contributed by atoms with E-state index in [1.54, 1.807) is 24.3 Å². The van der Waals surface area contributed by atoms with Crippen LogP contribution in [0.5, 0.6) is 5.75 Å². The first kappa shape index (κ1) is 13.4. The van der Waals surface area contributed by atoms with Crippen LogP contribution in [0, 0.1) is 5.82 Å². The number of phenols is 1. The highest BCUT2D eigenvalue weighted by atomic mass is 19.1. The summed E-state index contributed by atoms with van der Waals surface area (Å²) in [6.45, 7) is 4.74. The van der Waals surface area contributed by atoms with Gasteiger partial charge in [0.1, 0.15) is 11.6 Å².